The molecule has 0 radical (unpaired) electrons. The Kier molecular flexibility index (Phi) is 4.59. The Hall–Kier alpha value is -2.31. The van der Waals surface area contributed by atoms with Gasteiger partial charge in [-0.15, -0.1) is 0 Å². The van der Waals surface area contributed by atoms with Crippen molar-refractivity contribution in [3.05, 3.63) is 70.8 Å². The summed E-state index contributed by atoms with van der Waals surface area (Å²) in [5.74, 6) is -1.49. The van der Waals surface area contributed by atoms with Crippen LogP contribution < -0.4 is 5.73 Å². The van der Waals surface area contributed by atoms with E-state index in [9.17, 15) is 18.7 Å². The van der Waals surface area contributed by atoms with Crippen LogP contribution in [0, 0.1) is 11.6 Å². The summed E-state index contributed by atoms with van der Waals surface area (Å²) in [6.07, 6.45) is -0.248. The molecule has 0 aromatic heterocycles. The topological polar surface area (TPSA) is 66.6 Å². The highest BCUT2D eigenvalue weighted by Crippen LogP contribution is 2.35. The molecule has 2 aromatic carbocycles. The van der Waals surface area contributed by atoms with E-state index in [0.717, 1.165) is 17.7 Å². The van der Waals surface area contributed by atoms with Crippen LogP contribution in [0.15, 0.2) is 42.5 Å². The number of hydrogen-bond acceptors (Lipinski definition) is 3. The number of likely N-dealkylation sites (tertiary alicyclic amines) is 1. The maximum absolute atomic E-state index is 14.1. The van der Waals surface area contributed by atoms with E-state index < -0.39 is 29.7 Å². The van der Waals surface area contributed by atoms with E-state index >= 15 is 0 Å². The molecule has 4 nitrogen and oxygen atoms in total. The Morgan fingerprint density at radius 3 is 2.58 bits per heavy atom. The van der Waals surface area contributed by atoms with Crippen LogP contribution in [0.3, 0.4) is 0 Å². The third-order valence-electron chi connectivity index (χ3n) is 4.32. The van der Waals surface area contributed by atoms with Gasteiger partial charge in [0.15, 0.2) is 0 Å². The molecule has 2 aromatic rings. The minimum Gasteiger partial charge on any atom is -0.392 e. The van der Waals surface area contributed by atoms with Crippen molar-refractivity contribution in [1.82, 2.24) is 4.90 Å². The molecule has 3 N–H and O–H groups in total. The minimum absolute atomic E-state index is 0.250. The Labute approximate surface area is 138 Å². The number of hydrogen-bond donors (Lipinski definition) is 2. The number of primary amides is 1. The average molecular weight is 332 g/mol. The van der Waals surface area contributed by atoms with E-state index in [1.807, 2.05) is 4.90 Å². The fourth-order valence-electron chi connectivity index (χ4n) is 3.16. The molecule has 1 saturated heterocycles. The summed E-state index contributed by atoms with van der Waals surface area (Å²) in [5.41, 5.74) is 6.77. The Morgan fingerprint density at radius 1 is 1.21 bits per heavy atom. The molecule has 0 aliphatic carbocycles. The molecule has 0 bridgehead atoms. The molecule has 1 aliphatic rings. The molecule has 0 unspecified atom stereocenters. The predicted molar refractivity (Wildman–Crippen MR) is 85.1 cm³/mol. The maximum Gasteiger partial charge on any atom is 0.248 e. The number of rotatable bonds is 4. The Balaban J connectivity index is 1.83. The van der Waals surface area contributed by atoms with E-state index in [4.69, 9.17) is 5.73 Å². The first-order valence-electron chi connectivity index (χ1n) is 7.70. The smallest absolute Gasteiger partial charge is 0.248 e. The number of benzene rings is 2. The standard InChI is InChI=1S/C18H18F2N2O2/c19-13-5-6-16(20)15(7-13)17-8-14(23)10-22(17)9-11-1-3-12(4-2-11)18(21)24/h1-7,14,17,23H,8-10H2,(H2,21,24)/t14-,17-/m0/s1. The number of nitrogens with two attached hydrogens (primary N) is 1. The van der Waals surface area contributed by atoms with Gasteiger partial charge >= 0.3 is 0 Å². The van der Waals surface area contributed by atoms with Crippen LogP contribution in [0.4, 0.5) is 8.78 Å². The zero-order valence-electron chi connectivity index (χ0n) is 13.0. The summed E-state index contributed by atoms with van der Waals surface area (Å²) in [7, 11) is 0. The van der Waals surface area contributed by atoms with Gasteiger partial charge in [0.1, 0.15) is 11.6 Å². The Morgan fingerprint density at radius 2 is 1.92 bits per heavy atom. The van der Waals surface area contributed by atoms with Crippen LogP contribution in [-0.4, -0.2) is 28.6 Å². The molecule has 24 heavy (non-hydrogen) atoms. The van der Waals surface area contributed by atoms with E-state index in [1.165, 1.54) is 6.07 Å². The minimum atomic E-state index is -0.595. The molecular weight excluding hydrogens is 314 g/mol. The summed E-state index contributed by atoms with van der Waals surface area (Å²) in [6, 6.07) is 9.76. The zero-order chi connectivity index (χ0) is 17.3. The first kappa shape index (κ1) is 16.5. The van der Waals surface area contributed by atoms with Crippen molar-refractivity contribution in [3.8, 4) is 0 Å². The molecule has 0 saturated carbocycles. The third kappa shape index (κ3) is 3.44. The number of carbonyl (C=O) groups is 1. The SMILES string of the molecule is NC(=O)c1ccc(CN2C[C@@H](O)C[C@H]2c2cc(F)ccc2F)cc1. The van der Waals surface area contributed by atoms with Crippen molar-refractivity contribution < 1.29 is 18.7 Å². The molecule has 1 fully saturated rings. The number of aliphatic hydroxyl groups excluding tert-OH is 1. The zero-order valence-corrected chi connectivity index (χ0v) is 13.0. The number of carbonyl (C=O) groups excluding carboxylic acids is 1. The van der Waals surface area contributed by atoms with Gasteiger partial charge in [0.2, 0.25) is 5.91 Å². The number of amides is 1. The lowest BCUT2D eigenvalue weighted by Crippen LogP contribution is -2.25. The molecule has 3 rings (SSSR count). The second-order valence-electron chi connectivity index (χ2n) is 6.06. The van der Waals surface area contributed by atoms with Gasteiger partial charge < -0.3 is 10.8 Å². The van der Waals surface area contributed by atoms with Crippen LogP contribution in [0.1, 0.15) is 33.9 Å². The quantitative estimate of drug-likeness (QED) is 0.903. The monoisotopic (exact) mass is 332 g/mol. The number of aliphatic hydroxyl groups is 1. The summed E-state index contributed by atoms with van der Waals surface area (Å²) < 4.78 is 27.6. The molecule has 0 spiro atoms. The van der Waals surface area contributed by atoms with Gasteiger partial charge in [0.25, 0.3) is 0 Å². The van der Waals surface area contributed by atoms with Crippen molar-refractivity contribution in [2.45, 2.75) is 25.1 Å². The van der Waals surface area contributed by atoms with Gasteiger partial charge in [-0.3, -0.25) is 9.69 Å². The number of nitrogens with zero attached hydrogens (tertiary/aromatic N) is 1. The van der Waals surface area contributed by atoms with Gasteiger partial charge in [0, 0.05) is 30.3 Å². The second-order valence-corrected chi connectivity index (χ2v) is 6.06. The average Bonchev–Trinajstić information content (AvgIpc) is 2.90. The normalized spacial score (nSPS) is 21.1. The van der Waals surface area contributed by atoms with Crippen LogP contribution in [0.2, 0.25) is 0 Å². The van der Waals surface area contributed by atoms with Crippen molar-refractivity contribution in [3.63, 3.8) is 0 Å². The number of halogens is 2. The summed E-state index contributed by atoms with van der Waals surface area (Å²) in [5, 5.41) is 9.97. The Bertz CT molecular complexity index is 749. The summed E-state index contributed by atoms with van der Waals surface area (Å²) in [4.78, 5) is 13.0. The molecule has 126 valence electrons. The molecule has 1 heterocycles. The number of β-amino-alcohol motifs (C(OH)–C–C–N with tert-alkyl or cyclic N) is 1. The summed E-state index contributed by atoms with van der Waals surface area (Å²) in [6.45, 7) is 0.828. The summed E-state index contributed by atoms with van der Waals surface area (Å²) >= 11 is 0. The fraction of sp³-hybridized carbons (Fsp3) is 0.278. The van der Waals surface area contributed by atoms with E-state index in [1.54, 1.807) is 24.3 Å². The maximum atomic E-state index is 14.1. The largest absolute Gasteiger partial charge is 0.392 e. The van der Waals surface area contributed by atoms with Crippen LogP contribution in [0.5, 0.6) is 0 Å². The molecule has 6 heteroatoms. The molecule has 2 atom stereocenters. The van der Waals surface area contributed by atoms with Crippen molar-refractivity contribution in [2.24, 2.45) is 5.73 Å². The lowest BCUT2D eigenvalue weighted by atomic mass is 10.0. The van der Waals surface area contributed by atoms with Crippen LogP contribution in [-0.2, 0) is 6.54 Å². The molecule has 1 aliphatic heterocycles. The van der Waals surface area contributed by atoms with Crippen molar-refractivity contribution in [2.75, 3.05) is 6.54 Å². The van der Waals surface area contributed by atoms with E-state index in [0.29, 0.717) is 25.1 Å². The van der Waals surface area contributed by atoms with Crippen LogP contribution >= 0.6 is 0 Å². The molecular formula is C18H18F2N2O2. The van der Waals surface area contributed by atoms with Gasteiger partial charge in [0.05, 0.1) is 6.10 Å². The lowest BCUT2D eigenvalue weighted by molar-refractivity contribution is 0.1000. The van der Waals surface area contributed by atoms with Crippen LogP contribution in [0.25, 0.3) is 0 Å². The van der Waals surface area contributed by atoms with Gasteiger partial charge in [-0.25, -0.2) is 8.78 Å². The van der Waals surface area contributed by atoms with Crippen molar-refractivity contribution >= 4 is 5.91 Å². The highest BCUT2D eigenvalue weighted by molar-refractivity contribution is 5.92. The lowest BCUT2D eigenvalue weighted by Gasteiger charge is -2.25. The predicted octanol–water partition coefficient (Wildman–Crippen LogP) is 2.37. The van der Waals surface area contributed by atoms with E-state index in [-0.39, 0.29) is 5.56 Å². The van der Waals surface area contributed by atoms with Gasteiger partial charge in [-0.1, -0.05) is 12.1 Å². The first-order chi connectivity index (χ1) is 11.4. The first-order valence-corrected chi connectivity index (χ1v) is 7.70. The van der Waals surface area contributed by atoms with Gasteiger partial charge in [-0.05, 0) is 42.3 Å². The fourth-order valence-corrected chi connectivity index (χ4v) is 3.16. The highest BCUT2D eigenvalue weighted by atomic mass is 19.1. The second kappa shape index (κ2) is 6.67. The highest BCUT2D eigenvalue weighted by Gasteiger charge is 2.33. The third-order valence-corrected chi connectivity index (χ3v) is 4.32. The van der Waals surface area contributed by atoms with Crippen molar-refractivity contribution in [1.29, 1.82) is 0 Å². The van der Waals surface area contributed by atoms with E-state index in [2.05, 4.69) is 0 Å². The molecule has 1 amide bonds. The van der Waals surface area contributed by atoms with Gasteiger partial charge in [-0.2, -0.15) is 0 Å².